The van der Waals surface area contributed by atoms with Crippen LogP contribution in [0.2, 0.25) is 10.6 Å². The van der Waals surface area contributed by atoms with Crippen LogP contribution in [0.1, 0.15) is 40.5 Å². The number of hydrogen-bond donors (Lipinski definition) is 0. The lowest BCUT2D eigenvalue weighted by Crippen LogP contribution is -1.96. The molecular formula is C10H22Al. The summed E-state index contributed by atoms with van der Waals surface area (Å²) in [5, 5.41) is 3.04. The zero-order valence-corrected chi connectivity index (χ0v) is 9.72. The molecule has 0 aliphatic heterocycles. The van der Waals surface area contributed by atoms with Crippen molar-refractivity contribution in [2.45, 2.75) is 51.1 Å². The van der Waals surface area contributed by atoms with E-state index in [0.717, 1.165) is 27.1 Å². The fourth-order valence-corrected chi connectivity index (χ4v) is 3.14. The molecule has 0 aliphatic rings. The van der Waals surface area contributed by atoms with E-state index in [1.807, 2.05) is 0 Å². The summed E-state index contributed by atoms with van der Waals surface area (Å²) in [5.41, 5.74) is 0. The molecule has 0 saturated carbocycles. The molecule has 65 valence electrons. The van der Waals surface area contributed by atoms with Gasteiger partial charge >= 0.3 is 0 Å². The van der Waals surface area contributed by atoms with Crippen LogP contribution in [0.4, 0.5) is 0 Å². The SMILES string of the molecule is CC(C)C[CH2][Al][CH2]CC(C)C. The summed E-state index contributed by atoms with van der Waals surface area (Å²) < 4.78 is 0. The first-order valence-corrected chi connectivity index (χ1v) is 6.58. The highest BCUT2D eigenvalue weighted by molar-refractivity contribution is 6.35. The third kappa shape index (κ3) is 10.5. The molecule has 0 nitrogen and oxygen atoms in total. The summed E-state index contributed by atoms with van der Waals surface area (Å²) >= 11 is 0.772. The minimum atomic E-state index is 0.772. The molecule has 0 saturated heterocycles. The van der Waals surface area contributed by atoms with Gasteiger partial charge in [0, 0.05) is 0 Å². The molecule has 0 amide bonds. The van der Waals surface area contributed by atoms with Gasteiger partial charge in [-0.25, -0.2) is 0 Å². The van der Waals surface area contributed by atoms with Gasteiger partial charge in [-0.1, -0.05) is 40.5 Å². The lowest BCUT2D eigenvalue weighted by atomic mass is 10.2. The maximum atomic E-state index is 2.32. The summed E-state index contributed by atoms with van der Waals surface area (Å²) in [7, 11) is 0. The highest BCUT2D eigenvalue weighted by atomic mass is 27.1. The van der Waals surface area contributed by atoms with E-state index in [2.05, 4.69) is 27.7 Å². The van der Waals surface area contributed by atoms with Crippen LogP contribution in [0.5, 0.6) is 0 Å². The molecule has 0 aromatic heterocycles. The van der Waals surface area contributed by atoms with Gasteiger partial charge in [-0.15, -0.1) is 10.6 Å². The highest BCUT2D eigenvalue weighted by Gasteiger charge is 1.98. The summed E-state index contributed by atoms with van der Waals surface area (Å²) in [5.74, 6) is 1.84. The van der Waals surface area contributed by atoms with Crippen molar-refractivity contribution in [3.8, 4) is 0 Å². The highest BCUT2D eigenvalue weighted by Crippen LogP contribution is 2.08. The second-order valence-electron chi connectivity index (χ2n) is 4.23. The van der Waals surface area contributed by atoms with Crippen LogP contribution < -0.4 is 0 Å². The second kappa shape index (κ2) is 7.20. The Balaban J connectivity index is 2.91. The average Bonchev–Trinajstić information content (AvgIpc) is 1.85. The number of hydrogen-bond acceptors (Lipinski definition) is 0. The molecule has 0 unspecified atom stereocenters. The van der Waals surface area contributed by atoms with Crippen LogP contribution in [-0.4, -0.2) is 15.2 Å². The Morgan fingerprint density at radius 2 is 1.18 bits per heavy atom. The minimum Gasteiger partial charge on any atom is -0.104 e. The molecule has 0 aromatic rings. The van der Waals surface area contributed by atoms with Crippen molar-refractivity contribution in [2.24, 2.45) is 11.8 Å². The van der Waals surface area contributed by atoms with Crippen molar-refractivity contribution >= 4 is 15.2 Å². The molecule has 11 heavy (non-hydrogen) atoms. The van der Waals surface area contributed by atoms with Crippen molar-refractivity contribution in [2.75, 3.05) is 0 Å². The van der Waals surface area contributed by atoms with Gasteiger partial charge in [-0.2, -0.15) is 0 Å². The first-order valence-electron chi connectivity index (χ1n) is 4.94. The summed E-state index contributed by atoms with van der Waals surface area (Å²) in [4.78, 5) is 0. The van der Waals surface area contributed by atoms with Gasteiger partial charge in [-0.3, -0.25) is 0 Å². The van der Waals surface area contributed by atoms with Crippen molar-refractivity contribution < 1.29 is 0 Å². The minimum absolute atomic E-state index is 0.772. The fraction of sp³-hybridized carbons (Fsp3) is 1.00. The zero-order valence-electron chi connectivity index (χ0n) is 8.56. The topological polar surface area (TPSA) is 0 Å². The molecule has 0 fully saturated rings. The van der Waals surface area contributed by atoms with Crippen molar-refractivity contribution in [3.63, 3.8) is 0 Å². The Labute approximate surface area is 78.5 Å². The smallest absolute Gasteiger partial charge is 0.104 e. The Kier molecular flexibility index (Phi) is 7.54. The van der Waals surface area contributed by atoms with Gasteiger partial charge in [0.25, 0.3) is 0 Å². The molecular weight excluding hydrogens is 147 g/mol. The van der Waals surface area contributed by atoms with E-state index in [1.165, 1.54) is 23.4 Å². The predicted octanol–water partition coefficient (Wildman–Crippen LogP) is 3.62. The van der Waals surface area contributed by atoms with Crippen molar-refractivity contribution in [1.29, 1.82) is 0 Å². The zero-order chi connectivity index (χ0) is 8.69. The molecule has 1 heteroatoms. The average molecular weight is 169 g/mol. The quantitative estimate of drug-likeness (QED) is 0.421. The maximum Gasteiger partial charge on any atom is 0.199 e. The largest absolute Gasteiger partial charge is 0.199 e. The van der Waals surface area contributed by atoms with E-state index < -0.39 is 0 Å². The molecule has 1 radical (unpaired) electrons. The molecule has 0 aliphatic carbocycles. The lowest BCUT2D eigenvalue weighted by molar-refractivity contribution is 0.611. The maximum absolute atomic E-state index is 2.32. The van der Waals surface area contributed by atoms with Crippen LogP contribution in [0.25, 0.3) is 0 Å². The third-order valence-electron chi connectivity index (χ3n) is 1.90. The van der Waals surface area contributed by atoms with E-state index in [-0.39, 0.29) is 0 Å². The Bertz CT molecular complexity index is 66.9. The van der Waals surface area contributed by atoms with Crippen molar-refractivity contribution in [1.82, 2.24) is 0 Å². The Hall–Kier alpha value is 0.532. The fourth-order valence-electron chi connectivity index (χ4n) is 1.05. The van der Waals surface area contributed by atoms with E-state index in [1.54, 1.807) is 0 Å². The van der Waals surface area contributed by atoms with Crippen LogP contribution in [-0.2, 0) is 0 Å². The van der Waals surface area contributed by atoms with Crippen LogP contribution >= 0.6 is 0 Å². The summed E-state index contributed by atoms with van der Waals surface area (Å²) in [6, 6.07) is 0. The van der Waals surface area contributed by atoms with Crippen molar-refractivity contribution in [3.05, 3.63) is 0 Å². The first-order chi connectivity index (χ1) is 5.13. The van der Waals surface area contributed by atoms with Gasteiger partial charge < -0.3 is 0 Å². The molecule has 0 spiro atoms. The first kappa shape index (κ1) is 11.5. The molecule has 0 bridgehead atoms. The van der Waals surface area contributed by atoms with Gasteiger partial charge in [0.15, 0.2) is 15.2 Å². The van der Waals surface area contributed by atoms with E-state index in [0.29, 0.717) is 0 Å². The van der Waals surface area contributed by atoms with E-state index in [4.69, 9.17) is 0 Å². The standard InChI is InChI=1S/2C5H11.Al/c2*1-4-5(2)3;/h2*5H,1,4H2,2-3H3;. The van der Waals surface area contributed by atoms with Crippen LogP contribution in [0.15, 0.2) is 0 Å². The Morgan fingerprint density at radius 3 is 1.45 bits per heavy atom. The lowest BCUT2D eigenvalue weighted by Gasteiger charge is -2.04. The summed E-state index contributed by atoms with van der Waals surface area (Å²) in [6.07, 6.45) is 2.90. The van der Waals surface area contributed by atoms with Crippen LogP contribution in [0, 0.1) is 11.8 Å². The molecule has 0 rings (SSSR count). The predicted molar refractivity (Wildman–Crippen MR) is 54.3 cm³/mol. The Morgan fingerprint density at radius 1 is 0.818 bits per heavy atom. The van der Waals surface area contributed by atoms with E-state index >= 15 is 0 Å². The molecule has 0 heterocycles. The molecule has 0 atom stereocenters. The monoisotopic (exact) mass is 169 g/mol. The summed E-state index contributed by atoms with van der Waals surface area (Å²) in [6.45, 7) is 9.29. The van der Waals surface area contributed by atoms with Gasteiger partial charge in [0.05, 0.1) is 0 Å². The normalized spacial score (nSPS) is 11.1. The van der Waals surface area contributed by atoms with E-state index in [9.17, 15) is 0 Å². The number of rotatable bonds is 6. The second-order valence-corrected chi connectivity index (χ2v) is 5.96. The molecule has 0 aromatic carbocycles. The van der Waals surface area contributed by atoms with Gasteiger partial charge in [0.2, 0.25) is 0 Å². The van der Waals surface area contributed by atoms with Gasteiger partial charge in [-0.05, 0) is 11.8 Å². The van der Waals surface area contributed by atoms with Crippen LogP contribution in [0.3, 0.4) is 0 Å². The third-order valence-corrected chi connectivity index (χ3v) is 3.38. The molecule has 0 N–H and O–H groups in total. The van der Waals surface area contributed by atoms with Gasteiger partial charge in [0.1, 0.15) is 0 Å².